The fourth-order valence-electron chi connectivity index (χ4n) is 2.89. The van der Waals surface area contributed by atoms with Crippen molar-refractivity contribution in [1.29, 1.82) is 5.26 Å². The molecule has 0 fully saturated rings. The summed E-state index contributed by atoms with van der Waals surface area (Å²) in [7, 11) is 0. The van der Waals surface area contributed by atoms with Crippen LogP contribution in [0, 0.1) is 16.7 Å². The van der Waals surface area contributed by atoms with E-state index < -0.39 is 16.7 Å². The number of amides is 1. The van der Waals surface area contributed by atoms with Gasteiger partial charge in [-0.15, -0.1) is 0 Å². The average Bonchev–Trinajstić information content (AvgIpc) is 2.75. The van der Waals surface area contributed by atoms with E-state index in [1.807, 2.05) is 30.3 Å². The van der Waals surface area contributed by atoms with Crippen molar-refractivity contribution in [1.82, 2.24) is 0 Å². The molecule has 0 spiro atoms. The summed E-state index contributed by atoms with van der Waals surface area (Å²) in [5.41, 5.74) is 4.48. The first-order valence-electron chi connectivity index (χ1n) is 6.37. The maximum Gasteiger partial charge on any atom is 0.239 e. The maximum absolute atomic E-state index is 12.0. The molecule has 1 aliphatic rings. The van der Waals surface area contributed by atoms with Crippen LogP contribution in [0.5, 0.6) is 0 Å². The normalized spacial score (nSPS) is 28.6. The molecule has 0 radical (unpaired) electrons. The number of carbonyl (C=O) groups excluding carboxylic acids is 2. The van der Waals surface area contributed by atoms with Gasteiger partial charge in [-0.2, -0.15) is 5.26 Å². The summed E-state index contributed by atoms with van der Waals surface area (Å²) in [6, 6.07) is 11.3. The highest BCUT2D eigenvalue weighted by Crippen LogP contribution is 2.52. The maximum atomic E-state index is 12.0. The van der Waals surface area contributed by atoms with Gasteiger partial charge < -0.3 is 5.73 Å². The first-order valence-corrected chi connectivity index (χ1v) is 6.37. The zero-order valence-corrected chi connectivity index (χ0v) is 11.5. The van der Waals surface area contributed by atoms with Gasteiger partial charge in [0, 0.05) is 11.8 Å². The highest BCUT2D eigenvalue weighted by atomic mass is 16.1. The van der Waals surface area contributed by atoms with E-state index in [0.29, 0.717) is 5.57 Å². The number of ketones is 1. The minimum Gasteiger partial charge on any atom is -0.368 e. The van der Waals surface area contributed by atoms with E-state index in [4.69, 9.17) is 5.73 Å². The summed E-state index contributed by atoms with van der Waals surface area (Å²) in [6.07, 6.45) is 1.79. The van der Waals surface area contributed by atoms with E-state index in [1.165, 1.54) is 6.92 Å². The molecule has 0 unspecified atom stereocenters. The Morgan fingerprint density at radius 3 is 2.35 bits per heavy atom. The summed E-state index contributed by atoms with van der Waals surface area (Å²) in [6.45, 7) is 3.22. The summed E-state index contributed by atoms with van der Waals surface area (Å²) in [4.78, 5) is 23.6. The van der Waals surface area contributed by atoms with E-state index in [9.17, 15) is 14.9 Å². The van der Waals surface area contributed by atoms with Gasteiger partial charge in [0.05, 0.1) is 6.07 Å². The standard InChI is InChI=1S/C16H16N2O2/c1-11(19)12-8-15(2,13-6-4-3-5-7-13)16(9-12,10-17)14(18)20/h3-8H,9H2,1-2H3,(H2,18,20)/t15-,16-/m0/s1. The van der Waals surface area contributed by atoms with E-state index in [0.717, 1.165) is 5.56 Å². The van der Waals surface area contributed by atoms with Crippen molar-refractivity contribution in [3.8, 4) is 6.07 Å². The van der Waals surface area contributed by atoms with Gasteiger partial charge in [0.25, 0.3) is 0 Å². The van der Waals surface area contributed by atoms with Crippen LogP contribution in [-0.4, -0.2) is 11.7 Å². The zero-order valence-electron chi connectivity index (χ0n) is 11.5. The molecule has 4 heteroatoms. The van der Waals surface area contributed by atoms with Gasteiger partial charge in [-0.05, 0) is 25.0 Å². The first-order chi connectivity index (χ1) is 9.37. The van der Waals surface area contributed by atoms with Crippen molar-refractivity contribution in [3.63, 3.8) is 0 Å². The van der Waals surface area contributed by atoms with Crippen LogP contribution >= 0.6 is 0 Å². The molecule has 0 saturated heterocycles. The third kappa shape index (κ3) is 1.75. The molecule has 2 rings (SSSR count). The molecule has 0 saturated carbocycles. The van der Waals surface area contributed by atoms with Crippen LogP contribution < -0.4 is 5.73 Å². The van der Waals surface area contributed by atoms with Crippen molar-refractivity contribution >= 4 is 11.7 Å². The number of nitrogens with zero attached hydrogens (tertiary/aromatic N) is 1. The van der Waals surface area contributed by atoms with Gasteiger partial charge in [-0.25, -0.2) is 0 Å². The highest BCUT2D eigenvalue weighted by Gasteiger charge is 2.57. The van der Waals surface area contributed by atoms with E-state index in [2.05, 4.69) is 6.07 Å². The number of nitriles is 1. The van der Waals surface area contributed by atoms with Crippen LogP contribution in [0.25, 0.3) is 0 Å². The van der Waals surface area contributed by atoms with Crippen LogP contribution in [0.4, 0.5) is 0 Å². The molecule has 0 aliphatic heterocycles. The molecular weight excluding hydrogens is 252 g/mol. The van der Waals surface area contributed by atoms with Crippen molar-refractivity contribution in [2.45, 2.75) is 25.7 Å². The molecular formula is C16H16N2O2. The Balaban J connectivity index is 2.70. The van der Waals surface area contributed by atoms with Crippen molar-refractivity contribution in [3.05, 3.63) is 47.5 Å². The summed E-state index contributed by atoms with van der Waals surface area (Å²) in [5, 5.41) is 9.59. The minimum absolute atomic E-state index is 0.0690. The molecule has 4 nitrogen and oxygen atoms in total. The lowest BCUT2D eigenvalue weighted by molar-refractivity contribution is -0.126. The number of rotatable bonds is 3. The third-order valence-corrected chi connectivity index (χ3v) is 4.24. The number of primary amides is 1. The number of Topliss-reactive ketones (excluding diaryl/α,β-unsaturated/α-hetero) is 1. The Morgan fingerprint density at radius 1 is 1.30 bits per heavy atom. The van der Waals surface area contributed by atoms with E-state index in [1.54, 1.807) is 13.0 Å². The Bertz CT molecular complexity index is 642. The van der Waals surface area contributed by atoms with Crippen molar-refractivity contribution in [2.24, 2.45) is 11.1 Å². The molecule has 2 atom stereocenters. The Kier molecular flexibility index (Phi) is 3.23. The second-order valence-corrected chi connectivity index (χ2v) is 5.35. The molecule has 1 amide bonds. The second kappa shape index (κ2) is 4.61. The molecule has 102 valence electrons. The lowest BCUT2D eigenvalue weighted by Gasteiger charge is -2.35. The number of carbonyl (C=O) groups is 2. The fourth-order valence-corrected chi connectivity index (χ4v) is 2.89. The topological polar surface area (TPSA) is 83.9 Å². The first kappa shape index (κ1) is 14.0. The zero-order chi connectivity index (χ0) is 15.0. The SMILES string of the molecule is CC(=O)C1=C[C@@](C)(c2ccccc2)[C@@](C#N)(C(N)=O)C1. The van der Waals surface area contributed by atoms with Crippen LogP contribution in [-0.2, 0) is 15.0 Å². The van der Waals surface area contributed by atoms with E-state index >= 15 is 0 Å². The molecule has 0 heterocycles. The minimum atomic E-state index is -1.42. The lowest BCUT2D eigenvalue weighted by atomic mass is 9.63. The molecule has 1 aromatic rings. The van der Waals surface area contributed by atoms with Gasteiger partial charge >= 0.3 is 0 Å². The Labute approximate surface area is 117 Å². The molecule has 2 N–H and O–H groups in total. The predicted molar refractivity (Wildman–Crippen MR) is 74.4 cm³/mol. The van der Waals surface area contributed by atoms with Crippen LogP contribution in [0.3, 0.4) is 0 Å². The smallest absolute Gasteiger partial charge is 0.239 e. The molecule has 1 aliphatic carbocycles. The highest BCUT2D eigenvalue weighted by molar-refractivity contribution is 5.98. The molecule has 0 bridgehead atoms. The summed E-state index contributed by atoms with van der Waals surface area (Å²) in [5.74, 6) is -0.829. The van der Waals surface area contributed by atoms with E-state index in [-0.39, 0.29) is 12.2 Å². The molecule has 1 aromatic carbocycles. The van der Waals surface area contributed by atoms with Crippen LogP contribution in [0.2, 0.25) is 0 Å². The number of hydrogen-bond donors (Lipinski definition) is 1. The van der Waals surface area contributed by atoms with Crippen molar-refractivity contribution in [2.75, 3.05) is 0 Å². The third-order valence-electron chi connectivity index (χ3n) is 4.24. The van der Waals surface area contributed by atoms with Gasteiger partial charge in [0.2, 0.25) is 5.91 Å². The molecule has 0 aromatic heterocycles. The second-order valence-electron chi connectivity index (χ2n) is 5.35. The van der Waals surface area contributed by atoms with Crippen LogP contribution in [0.15, 0.2) is 42.0 Å². The van der Waals surface area contributed by atoms with Crippen LogP contribution in [0.1, 0.15) is 25.8 Å². The monoisotopic (exact) mass is 268 g/mol. The summed E-state index contributed by atoms with van der Waals surface area (Å²) >= 11 is 0. The summed E-state index contributed by atoms with van der Waals surface area (Å²) < 4.78 is 0. The predicted octanol–water partition coefficient (Wildman–Crippen LogP) is 1.86. The van der Waals surface area contributed by atoms with Gasteiger partial charge in [0.1, 0.15) is 0 Å². The number of nitrogens with two attached hydrogens (primary N) is 1. The average molecular weight is 268 g/mol. The number of benzene rings is 1. The van der Waals surface area contributed by atoms with Gasteiger partial charge in [-0.3, -0.25) is 9.59 Å². The lowest BCUT2D eigenvalue weighted by Crippen LogP contribution is -2.48. The number of hydrogen-bond acceptors (Lipinski definition) is 3. The molecule has 20 heavy (non-hydrogen) atoms. The largest absolute Gasteiger partial charge is 0.368 e. The van der Waals surface area contributed by atoms with Crippen molar-refractivity contribution < 1.29 is 9.59 Å². The Hall–Kier alpha value is -2.41. The quantitative estimate of drug-likeness (QED) is 0.908. The van der Waals surface area contributed by atoms with Gasteiger partial charge in [-0.1, -0.05) is 36.4 Å². The fraction of sp³-hybridized carbons (Fsp3) is 0.312. The number of allylic oxidation sites excluding steroid dienone is 2. The Morgan fingerprint density at radius 2 is 1.90 bits per heavy atom. The van der Waals surface area contributed by atoms with Gasteiger partial charge in [0.15, 0.2) is 11.2 Å².